The zero-order valence-electron chi connectivity index (χ0n) is 12.5. The van der Waals surface area contributed by atoms with Crippen molar-refractivity contribution < 1.29 is 13.2 Å². The van der Waals surface area contributed by atoms with Crippen LogP contribution in [0.25, 0.3) is 0 Å². The Labute approximate surface area is 130 Å². The monoisotopic (exact) mass is 326 g/mol. The molecule has 0 bridgehead atoms. The molecule has 3 heterocycles. The molecule has 122 valence electrons. The maximum atomic E-state index is 12.0. The van der Waals surface area contributed by atoms with E-state index in [1.54, 1.807) is 6.20 Å². The summed E-state index contributed by atoms with van der Waals surface area (Å²) in [6, 6.07) is 1.80. The first-order valence-electron chi connectivity index (χ1n) is 7.73. The van der Waals surface area contributed by atoms with Gasteiger partial charge in [0.05, 0.1) is 18.1 Å². The maximum Gasteiger partial charge on any atom is 0.234 e. The van der Waals surface area contributed by atoms with Gasteiger partial charge in [-0.15, -0.1) is 0 Å². The number of nitrogens with one attached hydrogen (secondary N) is 2. The van der Waals surface area contributed by atoms with E-state index in [0.29, 0.717) is 18.9 Å². The second-order valence-electron chi connectivity index (χ2n) is 6.23. The Balaban J connectivity index is 1.42. The smallest absolute Gasteiger partial charge is 0.234 e. The summed E-state index contributed by atoms with van der Waals surface area (Å²) in [5.74, 6) is 0.692. The van der Waals surface area contributed by atoms with E-state index in [1.807, 2.05) is 6.07 Å². The normalized spacial score (nSPS) is 26.1. The lowest BCUT2D eigenvalue weighted by atomic mass is 9.94. The van der Waals surface area contributed by atoms with E-state index < -0.39 is 9.84 Å². The predicted octanol–water partition coefficient (Wildman–Crippen LogP) is -0.108. The van der Waals surface area contributed by atoms with Crippen molar-refractivity contribution in [2.45, 2.75) is 31.2 Å². The highest BCUT2D eigenvalue weighted by atomic mass is 32.2. The molecule has 1 atom stereocenters. The minimum absolute atomic E-state index is 0.0675. The molecule has 2 aliphatic heterocycles. The summed E-state index contributed by atoms with van der Waals surface area (Å²) in [7, 11) is -2.94. The number of nitrogens with zero attached hydrogens (tertiary/aromatic N) is 2. The first-order chi connectivity index (χ1) is 10.5. The number of amides is 1. The van der Waals surface area contributed by atoms with E-state index in [0.717, 1.165) is 25.9 Å². The molecule has 22 heavy (non-hydrogen) atoms. The SMILES string of the molecule is O=C(CN1CCC(c2ccn[nH]2)CC1)N[C@@H]1CCS(=O)(=O)C1. The fraction of sp³-hybridized carbons (Fsp3) is 0.714. The van der Waals surface area contributed by atoms with Crippen LogP contribution >= 0.6 is 0 Å². The van der Waals surface area contributed by atoms with Gasteiger partial charge in [0.15, 0.2) is 9.84 Å². The van der Waals surface area contributed by atoms with E-state index in [2.05, 4.69) is 20.4 Å². The third-order valence-corrected chi connectivity index (χ3v) is 6.28. The molecule has 0 radical (unpaired) electrons. The minimum Gasteiger partial charge on any atom is -0.351 e. The van der Waals surface area contributed by atoms with Crippen molar-refractivity contribution in [1.29, 1.82) is 0 Å². The second kappa shape index (κ2) is 6.37. The molecule has 7 nitrogen and oxygen atoms in total. The molecule has 2 aliphatic rings. The average Bonchev–Trinajstić information content (AvgIpc) is 3.09. The number of carbonyl (C=O) groups is 1. The number of likely N-dealkylation sites (tertiary alicyclic amines) is 1. The molecular formula is C14H22N4O3S. The van der Waals surface area contributed by atoms with Crippen LogP contribution in [-0.2, 0) is 14.6 Å². The molecule has 2 N–H and O–H groups in total. The summed E-state index contributed by atoms with van der Waals surface area (Å²) in [5.41, 5.74) is 1.17. The average molecular weight is 326 g/mol. The molecule has 8 heteroatoms. The van der Waals surface area contributed by atoms with Crippen LogP contribution in [-0.4, -0.2) is 66.6 Å². The molecule has 0 spiro atoms. The summed E-state index contributed by atoms with van der Waals surface area (Å²) >= 11 is 0. The van der Waals surface area contributed by atoms with Crippen molar-refractivity contribution in [2.24, 2.45) is 0 Å². The number of hydrogen-bond acceptors (Lipinski definition) is 5. The van der Waals surface area contributed by atoms with Gasteiger partial charge in [0, 0.05) is 23.9 Å². The van der Waals surface area contributed by atoms with E-state index >= 15 is 0 Å². The molecule has 2 saturated heterocycles. The largest absolute Gasteiger partial charge is 0.351 e. The van der Waals surface area contributed by atoms with Gasteiger partial charge in [-0.1, -0.05) is 0 Å². The Hall–Kier alpha value is -1.41. The molecule has 1 amide bonds. The lowest BCUT2D eigenvalue weighted by Gasteiger charge is -2.31. The number of H-pyrrole nitrogens is 1. The van der Waals surface area contributed by atoms with Crippen LogP contribution in [0.2, 0.25) is 0 Å². The van der Waals surface area contributed by atoms with E-state index in [-0.39, 0.29) is 23.5 Å². The Bertz CT molecular complexity index is 606. The highest BCUT2D eigenvalue weighted by Gasteiger charge is 2.29. The third-order valence-electron chi connectivity index (χ3n) is 4.51. The van der Waals surface area contributed by atoms with Gasteiger partial charge in [0.1, 0.15) is 0 Å². The van der Waals surface area contributed by atoms with Gasteiger partial charge in [-0.2, -0.15) is 5.10 Å². The van der Waals surface area contributed by atoms with Crippen LogP contribution in [0, 0.1) is 0 Å². The van der Waals surface area contributed by atoms with Crippen LogP contribution in [0.5, 0.6) is 0 Å². The molecule has 3 rings (SSSR count). The van der Waals surface area contributed by atoms with Gasteiger partial charge in [-0.3, -0.25) is 14.8 Å². The van der Waals surface area contributed by atoms with Gasteiger partial charge in [-0.05, 0) is 38.4 Å². The van der Waals surface area contributed by atoms with Crippen molar-refractivity contribution in [3.63, 3.8) is 0 Å². The van der Waals surface area contributed by atoms with Crippen molar-refractivity contribution in [2.75, 3.05) is 31.1 Å². The van der Waals surface area contributed by atoms with E-state index in [9.17, 15) is 13.2 Å². The Morgan fingerprint density at radius 2 is 2.14 bits per heavy atom. The Kier molecular flexibility index (Phi) is 4.49. The van der Waals surface area contributed by atoms with Crippen molar-refractivity contribution in [1.82, 2.24) is 20.4 Å². The molecule has 0 aliphatic carbocycles. The lowest BCUT2D eigenvalue weighted by Crippen LogP contribution is -2.44. The third kappa shape index (κ3) is 3.86. The first kappa shape index (κ1) is 15.5. The van der Waals surface area contributed by atoms with Gasteiger partial charge in [0.2, 0.25) is 5.91 Å². The van der Waals surface area contributed by atoms with Gasteiger partial charge >= 0.3 is 0 Å². The number of piperidine rings is 1. The van der Waals surface area contributed by atoms with Crippen LogP contribution in [0.4, 0.5) is 0 Å². The zero-order chi connectivity index (χ0) is 15.6. The fourth-order valence-corrected chi connectivity index (χ4v) is 4.95. The summed E-state index contributed by atoms with van der Waals surface area (Å²) in [4.78, 5) is 14.2. The Morgan fingerprint density at radius 3 is 2.73 bits per heavy atom. The fourth-order valence-electron chi connectivity index (χ4n) is 3.28. The molecule has 2 fully saturated rings. The van der Waals surface area contributed by atoms with Crippen molar-refractivity contribution in [3.8, 4) is 0 Å². The van der Waals surface area contributed by atoms with Gasteiger partial charge < -0.3 is 5.32 Å². The minimum atomic E-state index is -2.94. The molecule has 0 unspecified atom stereocenters. The number of carbonyl (C=O) groups excluding carboxylic acids is 1. The van der Waals surface area contributed by atoms with Crippen molar-refractivity contribution in [3.05, 3.63) is 18.0 Å². The number of aromatic amines is 1. The molecule has 0 saturated carbocycles. The lowest BCUT2D eigenvalue weighted by molar-refractivity contribution is -0.123. The zero-order valence-corrected chi connectivity index (χ0v) is 13.3. The van der Waals surface area contributed by atoms with Gasteiger partial charge in [-0.25, -0.2) is 8.42 Å². The summed E-state index contributed by atoms with van der Waals surface area (Å²) in [6.45, 7) is 2.10. The van der Waals surface area contributed by atoms with E-state index in [4.69, 9.17) is 0 Å². The number of aromatic nitrogens is 2. The number of sulfone groups is 1. The van der Waals surface area contributed by atoms with E-state index in [1.165, 1.54) is 5.69 Å². The van der Waals surface area contributed by atoms with Gasteiger partial charge in [0.25, 0.3) is 0 Å². The molecule has 0 aromatic carbocycles. The topological polar surface area (TPSA) is 95.2 Å². The summed E-state index contributed by atoms with van der Waals surface area (Å²) < 4.78 is 22.8. The highest BCUT2D eigenvalue weighted by Crippen LogP contribution is 2.25. The maximum absolute atomic E-state index is 12.0. The van der Waals surface area contributed by atoms with Crippen LogP contribution in [0.15, 0.2) is 12.3 Å². The molecular weight excluding hydrogens is 304 g/mol. The Morgan fingerprint density at radius 1 is 1.36 bits per heavy atom. The predicted molar refractivity (Wildman–Crippen MR) is 82.2 cm³/mol. The van der Waals surface area contributed by atoms with Crippen LogP contribution < -0.4 is 5.32 Å². The standard InChI is InChI=1S/C14H22N4O3S/c19-14(16-12-4-8-22(20,21)10-12)9-18-6-2-11(3-7-18)13-1-5-15-17-13/h1,5,11-12H,2-4,6-10H2,(H,15,17)(H,16,19)/t12-/m1/s1. The number of rotatable bonds is 4. The van der Waals surface area contributed by atoms with Crippen molar-refractivity contribution >= 4 is 15.7 Å². The quantitative estimate of drug-likeness (QED) is 0.805. The van der Waals surface area contributed by atoms with Crippen LogP contribution in [0.3, 0.4) is 0 Å². The molecule has 1 aromatic heterocycles. The first-order valence-corrected chi connectivity index (χ1v) is 9.55. The second-order valence-corrected chi connectivity index (χ2v) is 8.46. The van der Waals surface area contributed by atoms with Crippen LogP contribution in [0.1, 0.15) is 30.9 Å². The summed E-state index contributed by atoms with van der Waals surface area (Å²) in [5, 5.41) is 9.84. The highest BCUT2D eigenvalue weighted by molar-refractivity contribution is 7.91. The number of hydrogen-bond donors (Lipinski definition) is 2. The molecule has 1 aromatic rings. The summed E-state index contributed by atoms with van der Waals surface area (Å²) in [6.07, 6.45) is 4.32.